The van der Waals surface area contributed by atoms with Crippen LogP contribution < -0.4 is 4.90 Å². The zero-order valence-corrected chi connectivity index (χ0v) is 14.3. The second-order valence-corrected chi connectivity index (χ2v) is 7.18. The van der Waals surface area contributed by atoms with Gasteiger partial charge in [0.2, 0.25) is 0 Å². The standard InChI is InChI=1S/C20H20N2S/c1-14-6-5-8-17(10-14)20-21-18(13-23-20)12-22-15(2)11-16-7-3-4-9-19(16)22/h3-10,13,15H,11-12H2,1-2H3. The van der Waals surface area contributed by atoms with E-state index < -0.39 is 0 Å². The van der Waals surface area contributed by atoms with Crippen LogP contribution in [0.3, 0.4) is 0 Å². The van der Waals surface area contributed by atoms with E-state index >= 15 is 0 Å². The molecule has 0 radical (unpaired) electrons. The van der Waals surface area contributed by atoms with Gasteiger partial charge in [0.25, 0.3) is 0 Å². The Hall–Kier alpha value is -2.13. The molecule has 0 saturated carbocycles. The molecule has 116 valence electrons. The van der Waals surface area contributed by atoms with Crippen molar-refractivity contribution in [2.45, 2.75) is 32.9 Å². The summed E-state index contributed by atoms with van der Waals surface area (Å²) in [4.78, 5) is 7.35. The Morgan fingerprint density at radius 2 is 2.04 bits per heavy atom. The first-order valence-electron chi connectivity index (χ1n) is 8.07. The Morgan fingerprint density at radius 1 is 1.17 bits per heavy atom. The summed E-state index contributed by atoms with van der Waals surface area (Å²) < 4.78 is 0. The molecule has 0 bridgehead atoms. The van der Waals surface area contributed by atoms with Gasteiger partial charge in [0, 0.05) is 22.7 Å². The first-order valence-corrected chi connectivity index (χ1v) is 8.94. The van der Waals surface area contributed by atoms with E-state index in [1.807, 2.05) is 0 Å². The Balaban J connectivity index is 1.59. The number of anilines is 1. The Labute approximate surface area is 141 Å². The van der Waals surface area contributed by atoms with Gasteiger partial charge < -0.3 is 4.90 Å². The number of aryl methyl sites for hydroxylation is 1. The molecule has 0 fully saturated rings. The zero-order chi connectivity index (χ0) is 15.8. The monoisotopic (exact) mass is 320 g/mol. The van der Waals surface area contributed by atoms with E-state index in [1.165, 1.54) is 22.4 Å². The molecule has 23 heavy (non-hydrogen) atoms. The van der Waals surface area contributed by atoms with E-state index in [0.717, 1.165) is 23.7 Å². The number of nitrogens with zero attached hydrogens (tertiary/aromatic N) is 2. The van der Waals surface area contributed by atoms with Crippen molar-refractivity contribution in [2.75, 3.05) is 4.90 Å². The van der Waals surface area contributed by atoms with Crippen molar-refractivity contribution in [3.05, 3.63) is 70.7 Å². The third-order valence-electron chi connectivity index (χ3n) is 4.50. The average molecular weight is 320 g/mol. The highest BCUT2D eigenvalue weighted by molar-refractivity contribution is 7.13. The quantitative estimate of drug-likeness (QED) is 0.670. The van der Waals surface area contributed by atoms with Crippen LogP contribution in [0.2, 0.25) is 0 Å². The highest BCUT2D eigenvalue weighted by Crippen LogP contribution is 2.34. The van der Waals surface area contributed by atoms with Crippen LogP contribution in [0, 0.1) is 6.92 Å². The van der Waals surface area contributed by atoms with E-state index in [4.69, 9.17) is 4.98 Å². The molecular formula is C20H20N2S. The summed E-state index contributed by atoms with van der Waals surface area (Å²) in [6, 6.07) is 17.8. The van der Waals surface area contributed by atoms with Gasteiger partial charge in [0.1, 0.15) is 5.01 Å². The lowest BCUT2D eigenvalue weighted by atomic mass is 10.1. The third-order valence-corrected chi connectivity index (χ3v) is 5.44. The number of benzene rings is 2. The van der Waals surface area contributed by atoms with Crippen molar-refractivity contribution in [3.63, 3.8) is 0 Å². The lowest BCUT2D eigenvalue weighted by molar-refractivity contribution is 0.667. The van der Waals surface area contributed by atoms with Crippen LogP contribution in [0.5, 0.6) is 0 Å². The van der Waals surface area contributed by atoms with Gasteiger partial charge in [-0.05, 0) is 38.0 Å². The first kappa shape index (κ1) is 14.5. The van der Waals surface area contributed by atoms with Gasteiger partial charge in [0.05, 0.1) is 12.2 Å². The maximum Gasteiger partial charge on any atom is 0.123 e. The summed E-state index contributed by atoms with van der Waals surface area (Å²) in [7, 11) is 0. The van der Waals surface area contributed by atoms with Crippen molar-refractivity contribution in [1.82, 2.24) is 4.98 Å². The third kappa shape index (κ3) is 2.77. The highest BCUT2D eigenvalue weighted by Gasteiger charge is 2.26. The summed E-state index contributed by atoms with van der Waals surface area (Å²) >= 11 is 1.74. The number of aromatic nitrogens is 1. The van der Waals surface area contributed by atoms with E-state index in [1.54, 1.807) is 11.3 Å². The summed E-state index contributed by atoms with van der Waals surface area (Å²) in [6.45, 7) is 5.31. The molecular weight excluding hydrogens is 300 g/mol. The molecule has 3 aromatic rings. The van der Waals surface area contributed by atoms with Crippen molar-refractivity contribution in [2.24, 2.45) is 0 Å². The fourth-order valence-electron chi connectivity index (χ4n) is 3.34. The van der Waals surface area contributed by atoms with Crippen LogP contribution in [-0.4, -0.2) is 11.0 Å². The Morgan fingerprint density at radius 3 is 2.91 bits per heavy atom. The Bertz CT molecular complexity index is 837. The van der Waals surface area contributed by atoms with Gasteiger partial charge in [-0.2, -0.15) is 0 Å². The molecule has 3 heteroatoms. The minimum atomic E-state index is 0.538. The lowest BCUT2D eigenvalue weighted by Gasteiger charge is -2.23. The summed E-state index contributed by atoms with van der Waals surface area (Å²) in [6.07, 6.45) is 1.13. The lowest BCUT2D eigenvalue weighted by Crippen LogP contribution is -2.28. The molecule has 0 N–H and O–H groups in total. The number of fused-ring (bicyclic) bond motifs is 1. The Kier molecular flexibility index (Phi) is 3.66. The smallest absolute Gasteiger partial charge is 0.123 e. The topological polar surface area (TPSA) is 16.1 Å². The van der Waals surface area contributed by atoms with Gasteiger partial charge in [-0.1, -0.05) is 42.0 Å². The maximum atomic E-state index is 4.87. The van der Waals surface area contributed by atoms with Crippen LogP contribution in [-0.2, 0) is 13.0 Å². The molecule has 0 aliphatic carbocycles. The predicted octanol–water partition coefficient (Wildman–Crippen LogP) is 5.07. The van der Waals surface area contributed by atoms with E-state index in [0.29, 0.717) is 6.04 Å². The largest absolute Gasteiger partial charge is 0.362 e. The SMILES string of the molecule is Cc1cccc(-c2nc(CN3c4ccccc4CC3C)cs2)c1. The van der Waals surface area contributed by atoms with Crippen LogP contribution >= 0.6 is 11.3 Å². The maximum absolute atomic E-state index is 4.87. The van der Waals surface area contributed by atoms with E-state index in [-0.39, 0.29) is 0 Å². The second kappa shape index (κ2) is 5.82. The molecule has 2 nitrogen and oxygen atoms in total. The van der Waals surface area contributed by atoms with Crippen LogP contribution in [0.15, 0.2) is 53.9 Å². The van der Waals surface area contributed by atoms with Crippen LogP contribution in [0.25, 0.3) is 10.6 Å². The molecule has 1 aliphatic heterocycles. The molecule has 4 rings (SSSR count). The molecule has 2 aromatic carbocycles. The van der Waals surface area contributed by atoms with Crippen molar-refractivity contribution < 1.29 is 0 Å². The first-order chi connectivity index (χ1) is 11.2. The number of rotatable bonds is 3. The van der Waals surface area contributed by atoms with Gasteiger partial charge in [-0.15, -0.1) is 11.3 Å². The minimum absolute atomic E-state index is 0.538. The number of thiazole rings is 1. The molecule has 0 saturated heterocycles. The number of hydrogen-bond acceptors (Lipinski definition) is 3. The highest BCUT2D eigenvalue weighted by atomic mass is 32.1. The van der Waals surface area contributed by atoms with Gasteiger partial charge in [-0.25, -0.2) is 4.98 Å². The van der Waals surface area contributed by atoms with Crippen molar-refractivity contribution >= 4 is 17.0 Å². The molecule has 1 unspecified atom stereocenters. The molecule has 1 aliphatic rings. The fourth-order valence-corrected chi connectivity index (χ4v) is 4.14. The fraction of sp³-hybridized carbons (Fsp3) is 0.250. The predicted molar refractivity (Wildman–Crippen MR) is 98.1 cm³/mol. The van der Waals surface area contributed by atoms with Gasteiger partial charge in [0.15, 0.2) is 0 Å². The van der Waals surface area contributed by atoms with Crippen molar-refractivity contribution in [3.8, 4) is 10.6 Å². The molecule has 0 amide bonds. The summed E-state index contributed by atoms with van der Waals surface area (Å²) in [5, 5.41) is 3.31. The van der Waals surface area contributed by atoms with Gasteiger partial charge in [-0.3, -0.25) is 0 Å². The summed E-state index contributed by atoms with van der Waals surface area (Å²) in [5.41, 5.74) is 6.48. The van der Waals surface area contributed by atoms with Crippen LogP contribution in [0.4, 0.5) is 5.69 Å². The molecule has 0 spiro atoms. The molecule has 2 heterocycles. The van der Waals surface area contributed by atoms with Gasteiger partial charge >= 0.3 is 0 Å². The van der Waals surface area contributed by atoms with E-state index in [9.17, 15) is 0 Å². The summed E-state index contributed by atoms with van der Waals surface area (Å²) in [5.74, 6) is 0. The number of hydrogen-bond donors (Lipinski definition) is 0. The molecule has 1 aromatic heterocycles. The van der Waals surface area contributed by atoms with Crippen molar-refractivity contribution in [1.29, 1.82) is 0 Å². The zero-order valence-electron chi connectivity index (χ0n) is 13.5. The van der Waals surface area contributed by atoms with E-state index in [2.05, 4.69) is 72.7 Å². The molecule has 1 atom stereocenters. The second-order valence-electron chi connectivity index (χ2n) is 6.32. The minimum Gasteiger partial charge on any atom is -0.362 e. The normalized spacial score (nSPS) is 16.6. The average Bonchev–Trinajstić information content (AvgIpc) is 3.13. The number of para-hydroxylation sites is 1. The van der Waals surface area contributed by atoms with Crippen LogP contribution in [0.1, 0.15) is 23.7 Å².